The average Bonchev–Trinajstić information content (AvgIpc) is 2.97. The summed E-state index contributed by atoms with van der Waals surface area (Å²) < 4.78 is 2.85. The van der Waals surface area contributed by atoms with Gasteiger partial charge < -0.3 is 0 Å². The Morgan fingerprint density at radius 3 is 2.74 bits per heavy atom. The van der Waals surface area contributed by atoms with Crippen LogP contribution in [-0.4, -0.2) is 17.9 Å². The molecular formula is C17H13BrClN3S. The summed E-state index contributed by atoms with van der Waals surface area (Å²) in [6.45, 7) is 0. The number of nitrogens with zero attached hydrogens (tertiary/aromatic N) is 3. The molecule has 3 rings (SSSR count). The molecule has 0 unspecified atom stereocenters. The Balaban J connectivity index is 2.09. The van der Waals surface area contributed by atoms with Crippen LogP contribution in [0.1, 0.15) is 5.56 Å². The summed E-state index contributed by atoms with van der Waals surface area (Å²) in [6, 6.07) is 15.7. The summed E-state index contributed by atoms with van der Waals surface area (Å²) in [6.07, 6.45) is 1.76. The molecule has 0 saturated heterocycles. The Labute approximate surface area is 151 Å². The van der Waals surface area contributed by atoms with Crippen molar-refractivity contribution in [2.45, 2.75) is 0 Å². The monoisotopic (exact) mass is 405 g/mol. The fraction of sp³-hybridized carbons (Fsp3) is 0.0588. The molecule has 2 aromatic carbocycles. The molecule has 3 nitrogen and oxygen atoms in total. The van der Waals surface area contributed by atoms with E-state index in [9.17, 15) is 0 Å². The van der Waals surface area contributed by atoms with Gasteiger partial charge in [0.2, 0.25) is 4.80 Å². The van der Waals surface area contributed by atoms with Crippen molar-refractivity contribution in [3.8, 4) is 11.3 Å². The Kier molecular flexibility index (Phi) is 5.10. The zero-order chi connectivity index (χ0) is 16.2. The fourth-order valence-electron chi connectivity index (χ4n) is 2.11. The third-order valence-corrected chi connectivity index (χ3v) is 4.96. The van der Waals surface area contributed by atoms with Crippen LogP contribution in [0.5, 0.6) is 0 Å². The van der Waals surface area contributed by atoms with Crippen molar-refractivity contribution in [3.63, 3.8) is 0 Å². The maximum atomic E-state index is 6.19. The van der Waals surface area contributed by atoms with E-state index in [2.05, 4.69) is 32.1 Å². The van der Waals surface area contributed by atoms with E-state index in [-0.39, 0.29) is 0 Å². The van der Waals surface area contributed by atoms with E-state index in [1.807, 2.05) is 52.5 Å². The second-order valence-electron chi connectivity index (χ2n) is 4.72. The molecule has 0 spiro atoms. The summed E-state index contributed by atoms with van der Waals surface area (Å²) in [5.74, 6) is 0. The number of hydrogen-bond donors (Lipinski definition) is 0. The summed E-state index contributed by atoms with van der Waals surface area (Å²) in [4.78, 5) is 5.12. The van der Waals surface area contributed by atoms with Gasteiger partial charge in [-0.1, -0.05) is 57.9 Å². The standard InChI is InChI=1S/C17H13BrClN3S/c1-20-17-22(21-10-13-5-2-3-8-15(13)19)16(11-23-17)12-6-4-7-14(18)9-12/h2-11H,1H3/b20-17?,21-10-. The highest BCUT2D eigenvalue weighted by Gasteiger charge is 2.07. The van der Waals surface area contributed by atoms with Gasteiger partial charge in [-0.25, -0.2) is 4.68 Å². The lowest BCUT2D eigenvalue weighted by Gasteiger charge is -2.04. The van der Waals surface area contributed by atoms with Gasteiger partial charge >= 0.3 is 0 Å². The van der Waals surface area contributed by atoms with Gasteiger partial charge in [0.05, 0.1) is 11.9 Å². The van der Waals surface area contributed by atoms with Crippen LogP contribution < -0.4 is 4.80 Å². The van der Waals surface area contributed by atoms with Crippen molar-refractivity contribution in [2.75, 3.05) is 7.05 Å². The number of rotatable bonds is 3. The van der Waals surface area contributed by atoms with E-state index in [4.69, 9.17) is 11.6 Å². The Morgan fingerprint density at radius 2 is 2.00 bits per heavy atom. The van der Waals surface area contributed by atoms with E-state index in [0.717, 1.165) is 26.1 Å². The molecule has 0 bridgehead atoms. The first-order valence-electron chi connectivity index (χ1n) is 6.87. The highest BCUT2D eigenvalue weighted by atomic mass is 79.9. The summed E-state index contributed by atoms with van der Waals surface area (Å²) >= 11 is 11.2. The Bertz CT molecular complexity index is 927. The van der Waals surface area contributed by atoms with E-state index in [0.29, 0.717) is 5.02 Å². The minimum absolute atomic E-state index is 0.672. The number of thiazole rings is 1. The minimum atomic E-state index is 0.672. The van der Waals surface area contributed by atoms with E-state index >= 15 is 0 Å². The smallest absolute Gasteiger partial charge is 0.205 e. The topological polar surface area (TPSA) is 29.6 Å². The highest BCUT2D eigenvalue weighted by molar-refractivity contribution is 9.10. The van der Waals surface area contributed by atoms with Crippen molar-refractivity contribution in [3.05, 3.63) is 73.8 Å². The highest BCUT2D eigenvalue weighted by Crippen LogP contribution is 2.23. The maximum absolute atomic E-state index is 6.19. The lowest BCUT2D eigenvalue weighted by molar-refractivity contribution is 0.848. The van der Waals surface area contributed by atoms with Crippen LogP contribution in [0.15, 0.2) is 68.5 Å². The van der Waals surface area contributed by atoms with Crippen molar-refractivity contribution in [1.29, 1.82) is 0 Å². The molecular weight excluding hydrogens is 394 g/mol. The summed E-state index contributed by atoms with van der Waals surface area (Å²) in [5.41, 5.74) is 2.93. The van der Waals surface area contributed by atoms with Crippen molar-refractivity contribution in [2.24, 2.45) is 10.1 Å². The molecule has 0 radical (unpaired) electrons. The van der Waals surface area contributed by atoms with Crippen LogP contribution in [0.25, 0.3) is 11.3 Å². The first-order valence-corrected chi connectivity index (χ1v) is 8.92. The average molecular weight is 407 g/mol. The molecule has 0 aliphatic carbocycles. The van der Waals surface area contributed by atoms with Crippen molar-refractivity contribution >= 4 is 45.1 Å². The lowest BCUT2D eigenvalue weighted by atomic mass is 10.2. The SMILES string of the molecule is CN=c1scc(-c2cccc(Br)c2)n1/N=C\c1ccccc1Cl. The van der Waals surface area contributed by atoms with E-state index in [1.54, 1.807) is 24.6 Å². The molecule has 1 heterocycles. The summed E-state index contributed by atoms with van der Waals surface area (Å²) in [5, 5.41) is 7.30. The van der Waals surface area contributed by atoms with Gasteiger partial charge in [0.1, 0.15) is 0 Å². The van der Waals surface area contributed by atoms with Gasteiger partial charge in [-0.3, -0.25) is 4.99 Å². The lowest BCUT2D eigenvalue weighted by Crippen LogP contribution is -2.11. The molecule has 0 N–H and O–H groups in total. The Morgan fingerprint density at radius 1 is 1.17 bits per heavy atom. The van der Waals surface area contributed by atoms with Crippen LogP contribution in [0.4, 0.5) is 0 Å². The number of aromatic nitrogens is 1. The molecule has 0 aliphatic rings. The van der Waals surface area contributed by atoms with Crippen molar-refractivity contribution < 1.29 is 0 Å². The van der Waals surface area contributed by atoms with Gasteiger partial charge in [-0.15, -0.1) is 11.3 Å². The van der Waals surface area contributed by atoms with Crippen LogP contribution in [0, 0.1) is 0 Å². The second-order valence-corrected chi connectivity index (χ2v) is 6.87. The van der Waals surface area contributed by atoms with E-state index < -0.39 is 0 Å². The zero-order valence-electron chi connectivity index (χ0n) is 12.3. The van der Waals surface area contributed by atoms with Gasteiger partial charge in [0.25, 0.3) is 0 Å². The fourth-order valence-corrected chi connectivity index (χ4v) is 3.50. The first-order chi connectivity index (χ1) is 11.2. The van der Waals surface area contributed by atoms with Crippen LogP contribution >= 0.6 is 38.9 Å². The molecule has 6 heteroatoms. The van der Waals surface area contributed by atoms with Crippen LogP contribution in [-0.2, 0) is 0 Å². The predicted molar refractivity (Wildman–Crippen MR) is 101 cm³/mol. The first kappa shape index (κ1) is 16.2. The Hall–Kier alpha value is -1.69. The van der Waals surface area contributed by atoms with Crippen molar-refractivity contribution in [1.82, 2.24) is 4.68 Å². The molecule has 116 valence electrons. The number of hydrogen-bond acceptors (Lipinski definition) is 3. The predicted octanol–water partition coefficient (Wildman–Crippen LogP) is 5.05. The van der Waals surface area contributed by atoms with Crippen LogP contribution in [0.3, 0.4) is 0 Å². The normalized spacial score (nSPS) is 12.2. The van der Waals surface area contributed by atoms with Gasteiger partial charge in [0.15, 0.2) is 0 Å². The van der Waals surface area contributed by atoms with Gasteiger partial charge in [0, 0.05) is 33.0 Å². The minimum Gasteiger partial charge on any atom is -0.261 e. The van der Waals surface area contributed by atoms with Crippen LogP contribution in [0.2, 0.25) is 5.02 Å². The molecule has 0 saturated carbocycles. The largest absolute Gasteiger partial charge is 0.261 e. The molecule has 0 fully saturated rings. The van der Waals surface area contributed by atoms with Gasteiger partial charge in [-0.05, 0) is 18.2 Å². The third-order valence-electron chi connectivity index (χ3n) is 3.21. The quantitative estimate of drug-likeness (QED) is 0.545. The molecule has 0 atom stereocenters. The zero-order valence-corrected chi connectivity index (χ0v) is 15.4. The maximum Gasteiger partial charge on any atom is 0.205 e. The van der Waals surface area contributed by atoms with E-state index in [1.165, 1.54) is 0 Å². The molecule has 1 aromatic heterocycles. The second kappa shape index (κ2) is 7.25. The number of benzene rings is 2. The molecule has 0 aliphatic heterocycles. The molecule has 3 aromatic rings. The van der Waals surface area contributed by atoms with Gasteiger partial charge in [-0.2, -0.15) is 5.10 Å². The third kappa shape index (κ3) is 3.63. The molecule has 0 amide bonds. The summed E-state index contributed by atoms with van der Waals surface area (Å²) in [7, 11) is 1.76. The molecule has 23 heavy (non-hydrogen) atoms. The number of halogens is 2.